The van der Waals surface area contributed by atoms with Gasteiger partial charge in [0.1, 0.15) is 0 Å². The molecule has 0 saturated heterocycles. The number of nitriles is 1. The minimum absolute atomic E-state index is 0.0329. The quantitative estimate of drug-likeness (QED) is 0.629. The van der Waals surface area contributed by atoms with Crippen molar-refractivity contribution in [1.82, 2.24) is 5.32 Å². The van der Waals surface area contributed by atoms with Gasteiger partial charge >= 0.3 is 0 Å². The first-order valence-corrected chi connectivity index (χ1v) is 4.80. The summed E-state index contributed by atoms with van der Waals surface area (Å²) in [5.74, 6) is 0. The first-order chi connectivity index (χ1) is 6.55. The molecule has 2 N–H and O–H groups in total. The van der Waals surface area contributed by atoms with Crippen LogP contribution in [0, 0.1) is 16.7 Å². The Labute approximate surface area is 85.9 Å². The molecular formula is C10H20N2O2. The second kappa shape index (κ2) is 6.77. The second-order valence-electron chi connectivity index (χ2n) is 4.03. The van der Waals surface area contributed by atoms with Gasteiger partial charge in [-0.2, -0.15) is 5.26 Å². The molecule has 14 heavy (non-hydrogen) atoms. The van der Waals surface area contributed by atoms with E-state index in [1.54, 1.807) is 7.11 Å². The van der Waals surface area contributed by atoms with Crippen LogP contribution >= 0.6 is 0 Å². The number of nitrogens with one attached hydrogen (secondary N) is 1. The van der Waals surface area contributed by atoms with Crippen molar-refractivity contribution < 1.29 is 9.84 Å². The van der Waals surface area contributed by atoms with Crippen molar-refractivity contribution in [3.8, 4) is 6.07 Å². The largest absolute Gasteiger partial charge is 0.395 e. The van der Waals surface area contributed by atoms with Crippen LogP contribution in [0.3, 0.4) is 0 Å². The Bertz CT molecular complexity index is 187. The molecule has 4 nitrogen and oxygen atoms in total. The number of aliphatic hydroxyl groups excluding tert-OH is 1. The Morgan fingerprint density at radius 3 is 2.64 bits per heavy atom. The summed E-state index contributed by atoms with van der Waals surface area (Å²) in [6, 6.07) is 2.20. The van der Waals surface area contributed by atoms with Gasteiger partial charge in [0.25, 0.3) is 0 Å². The monoisotopic (exact) mass is 200 g/mol. The molecule has 0 aliphatic heterocycles. The van der Waals surface area contributed by atoms with Crippen LogP contribution in [0.2, 0.25) is 0 Å². The number of rotatable bonds is 7. The smallest absolute Gasteiger partial charge is 0.0684 e. The van der Waals surface area contributed by atoms with Crippen molar-refractivity contribution >= 4 is 0 Å². The molecule has 0 spiro atoms. The molecule has 0 aromatic rings. The average Bonchev–Trinajstić information content (AvgIpc) is 2.16. The van der Waals surface area contributed by atoms with Crippen LogP contribution in [0.4, 0.5) is 0 Å². The maximum absolute atomic E-state index is 8.94. The summed E-state index contributed by atoms with van der Waals surface area (Å²) in [7, 11) is 1.60. The second-order valence-corrected chi connectivity index (χ2v) is 4.03. The van der Waals surface area contributed by atoms with E-state index in [1.165, 1.54) is 0 Å². The molecule has 0 rings (SSSR count). The van der Waals surface area contributed by atoms with Gasteiger partial charge in [0.05, 0.1) is 30.7 Å². The zero-order valence-electron chi connectivity index (χ0n) is 9.21. The van der Waals surface area contributed by atoms with Crippen LogP contribution in [-0.4, -0.2) is 38.0 Å². The maximum Gasteiger partial charge on any atom is 0.0684 e. The van der Waals surface area contributed by atoms with E-state index in [-0.39, 0.29) is 18.1 Å². The van der Waals surface area contributed by atoms with Crippen molar-refractivity contribution in [3.05, 3.63) is 0 Å². The summed E-state index contributed by atoms with van der Waals surface area (Å²) in [5.41, 5.74) is -0.305. The van der Waals surface area contributed by atoms with Gasteiger partial charge in [-0.3, -0.25) is 0 Å². The summed E-state index contributed by atoms with van der Waals surface area (Å²) in [5, 5.41) is 20.8. The Morgan fingerprint density at radius 2 is 2.21 bits per heavy atom. The standard InChI is InChI=1S/C10H20N2O2/c1-10(2,8-11)4-5-12-9(6-13)7-14-3/h9,12-13H,4-7H2,1-3H3. The molecule has 0 amide bonds. The Hall–Kier alpha value is -0.630. The molecule has 0 aromatic carbocycles. The van der Waals surface area contributed by atoms with Gasteiger partial charge in [-0.15, -0.1) is 0 Å². The van der Waals surface area contributed by atoms with Crippen LogP contribution in [0.5, 0.6) is 0 Å². The van der Waals surface area contributed by atoms with Crippen molar-refractivity contribution in [1.29, 1.82) is 5.26 Å². The lowest BCUT2D eigenvalue weighted by Crippen LogP contribution is -2.38. The van der Waals surface area contributed by atoms with Crippen LogP contribution in [0.15, 0.2) is 0 Å². The fourth-order valence-corrected chi connectivity index (χ4v) is 1.02. The van der Waals surface area contributed by atoms with Gasteiger partial charge in [0.2, 0.25) is 0 Å². The summed E-state index contributed by atoms with van der Waals surface area (Å²) in [4.78, 5) is 0. The average molecular weight is 200 g/mol. The normalized spacial score (nSPS) is 13.6. The summed E-state index contributed by atoms with van der Waals surface area (Å²) >= 11 is 0. The Balaban J connectivity index is 3.67. The molecule has 0 aliphatic carbocycles. The highest BCUT2D eigenvalue weighted by Crippen LogP contribution is 2.17. The molecule has 0 fully saturated rings. The molecule has 1 atom stereocenters. The van der Waals surface area contributed by atoms with Crippen LogP contribution in [0.25, 0.3) is 0 Å². The van der Waals surface area contributed by atoms with Crippen molar-refractivity contribution in [2.45, 2.75) is 26.3 Å². The Morgan fingerprint density at radius 1 is 1.57 bits per heavy atom. The van der Waals surface area contributed by atoms with E-state index in [0.717, 1.165) is 13.0 Å². The Kier molecular flexibility index (Phi) is 6.46. The number of methoxy groups -OCH3 is 1. The molecule has 0 saturated carbocycles. The van der Waals surface area contributed by atoms with Gasteiger partial charge in [-0.1, -0.05) is 0 Å². The van der Waals surface area contributed by atoms with Crippen molar-refractivity contribution in [2.24, 2.45) is 5.41 Å². The van der Waals surface area contributed by atoms with E-state index in [2.05, 4.69) is 11.4 Å². The predicted molar refractivity (Wildman–Crippen MR) is 54.8 cm³/mol. The van der Waals surface area contributed by atoms with Crippen LogP contribution in [-0.2, 0) is 4.74 Å². The third-order valence-corrected chi connectivity index (χ3v) is 2.07. The first-order valence-electron chi connectivity index (χ1n) is 4.80. The van der Waals surface area contributed by atoms with Gasteiger partial charge in [0.15, 0.2) is 0 Å². The number of aliphatic hydroxyl groups is 1. The molecular weight excluding hydrogens is 180 g/mol. The third kappa shape index (κ3) is 5.92. The fourth-order valence-electron chi connectivity index (χ4n) is 1.02. The minimum Gasteiger partial charge on any atom is -0.395 e. The van der Waals surface area contributed by atoms with E-state index in [1.807, 2.05) is 13.8 Å². The summed E-state index contributed by atoms with van der Waals surface area (Å²) in [6.07, 6.45) is 0.768. The lowest BCUT2D eigenvalue weighted by Gasteiger charge is -2.19. The van der Waals surface area contributed by atoms with E-state index < -0.39 is 0 Å². The zero-order valence-corrected chi connectivity index (χ0v) is 9.21. The van der Waals surface area contributed by atoms with Crippen LogP contribution in [0.1, 0.15) is 20.3 Å². The summed E-state index contributed by atoms with van der Waals surface area (Å²) < 4.78 is 4.92. The van der Waals surface area contributed by atoms with E-state index in [9.17, 15) is 0 Å². The number of hydrogen-bond acceptors (Lipinski definition) is 4. The van der Waals surface area contributed by atoms with Gasteiger partial charge in [0, 0.05) is 7.11 Å². The van der Waals surface area contributed by atoms with Gasteiger partial charge < -0.3 is 15.2 Å². The molecule has 0 bridgehead atoms. The van der Waals surface area contributed by atoms with E-state index in [0.29, 0.717) is 6.61 Å². The lowest BCUT2D eigenvalue weighted by atomic mass is 9.91. The third-order valence-electron chi connectivity index (χ3n) is 2.07. The molecule has 1 unspecified atom stereocenters. The lowest BCUT2D eigenvalue weighted by molar-refractivity contribution is 0.127. The van der Waals surface area contributed by atoms with Gasteiger partial charge in [-0.25, -0.2) is 0 Å². The fraction of sp³-hybridized carbons (Fsp3) is 0.900. The maximum atomic E-state index is 8.94. The topological polar surface area (TPSA) is 65.3 Å². The van der Waals surface area contributed by atoms with E-state index in [4.69, 9.17) is 15.1 Å². The predicted octanol–water partition coefficient (Wildman–Crippen LogP) is 0.523. The highest BCUT2D eigenvalue weighted by atomic mass is 16.5. The SMILES string of the molecule is COCC(CO)NCCC(C)(C)C#N. The van der Waals surface area contributed by atoms with Crippen molar-refractivity contribution in [3.63, 3.8) is 0 Å². The molecule has 0 aliphatic rings. The molecule has 82 valence electrons. The minimum atomic E-state index is -0.305. The highest BCUT2D eigenvalue weighted by molar-refractivity contribution is 4.92. The van der Waals surface area contributed by atoms with Crippen LogP contribution < -0.4 is 5.32 Å². The van der Waals surface area contributed by atoms with Crippen molar-refractivity contribution in [2.75, 3.05) is 26.9 Å². The summed E-state index contributed by atoms with van der Waals surface area (Å²) in [6.45, 7) is 5.07. The molecule has 0 aromatic heterocycles. The van der Waals surface area contributed by atoms with E-state index >= 15 is 0 Å². The van der Waals surface area contributed by atoms with Gasteiger partial charge in [-0.05, 0) is 26.8 Å². The highest BCUT2D eigenvalue weighted by Gasteiger charge is 2.16. The zero-order chi connectivity index (χ0) is 11.0. The molecule has 0 heterocycles. The molecule has 4 heteroatoms. The number of hydrogen-bond donors (Lipinski definition) is 2. The number of ether oxygens (including phenoxy) is 1. The number of nitrogens with zero attached hydrogens (tertiary/aromatic N) is 1. The molecule has 0 radical (unpaired) electrons. The first kappa shape index (κ1) is 13.4.